The normalized spacial score (nSPS) is 13.3. The number of methoxy groups -OCH3 is 1. The van der Waals surface area contributed by atoms with E-state index in [4.69, 9.17) is 4.74 Å². The Balaban J connectivity index is 2.77. The predicted molar refractivity (Wildman–Crippen MR) is 64.5 cm³/mol. The largest absolute Gasteiger partial charge is 0.497 e. The summed E-state index contributed by atoms with van der Waals surface area (Å²) in [5, 5.41) is 0. The quantitative estimate of drug-likeness (QED) is 0.862. The minimum Gasteiger partial charge on any atom is -0.497 e. The molecule has 0 aliphatic heterocycles. The molecule has 1 N–H and O–H groups in total. The van der Waals surface area contributed by atoms with Gasteiger partial charge in [-0.3, -0.25) is 0 Å². The fraction of sp³-hybridized carbons (Fsp3) is 0.455. The van der Waals surface area contributed by atoms with E-state index in [2.05, 4.69) is 4.72 Å². The fourth-order valence-corrected chi connectivity index (χ4v) is 1.59. The van der Waals surface area contributed by atoms with Gasteiger partial charge in [0.1, 0.15) is 16.7 Å². The maximum atomic E-state index is 11.8. The fourth-order valence-electron chi connectivity index (χ4n) is 0.947. The first-order chi connectivity index (χ1) is 6.93. The first-order valence-electron chi connectivity index (χ1n) is 4.76. The van der Waals surface area contributed by atoms with Crippen LogP contribution in [-0.4, -0.2) is 16.1 Å². The molecule has 15 heavy (non-hydrogen) atoms. The number of hydrogen-bond acceptors (Lipinski definition) is 2. The number of hydrogen-bond donors (Lipinski definition) is 1. The molecule has 0 saturated carbocycles. The topological polar surface area (TPSA) is 38.3 Å². The summed E-state index contributed by atoms with van der Waals surface area (Å²) in [5.41, 5.74) is 0.808. The molecule has 0 radical (unpaired) electrons. The number of benzene rings is 1. The number of rotatable bonds is 3. The highest BCUT2D eigenvalue weighted by Gasteiger charge is 2.19. The Kier molecular flexibility index (Phi) is 3.74. The lowest BCUT2D eigenvalue weighted by Crippen LogP contribution is -2.27. The van der Waals surface area contributed by atoms with Crippen molar-refractivity contribution in [3.05, 3.63) is 24.3 Å². The van der Waals surface area contributed by atoms with E-state index in [0.29, 0.717) is 0 Å². The van der Waals surface area contributed by atoms with Gasteiger partial charge >= 0.3 is 0 Å². The highest BCUT2D eigenvalue weighted by atomic mass is 32.2. The number of nitrogens with one attached hydrogen (secondary N) is 1. The molecule has 1 aromatic carbocycles. The summed E-state index contributed by atoms with van der Waals surface area (Å²) < 4.78 is 19.5. The van der Waals surface area contributed by atoms with Gasteiger partial charge in [-0.15, -0.1) is 0 Å². The summed E-state index contributed by atoms with van der Waals surface area (Å²) in [5.74, 6) is 0.755. The summed E-state index contributed by atoms with van der Waals surface area (Å²) in [6, 6.07) is 7.40. The molecule has 1 aromatic rings. The maximum absolute atomic E-state index is 11.8. The van der Waals surface area contributed by atoms with Gasteiger partial charge < -0.3 is 9.46 Å². The van der Waals surface area contributed by atoms with Crippen molar-refractivity contribution in [3.63, 3.8) is 0 Å². The van der Waals surface area contributed by atoms with Crippen molar-refractivity contribution in [2.24, 2.45) is 0 Å². The SMILES string of the molecule is COc1cccc(N[S@](=O)C(C)(C)C)c1. The molecule has 0 amide bonds. The maximum Gasteiger partial charge on any atom is 0.122 e. The summed E-state index contributed by atoms with van der Waals surface area (Å²) in [7, 11) is 0.507. The van der Waals surface area contributed by atoms with Gasteiger partial charge in [0.05, 0.1) is 11.9 Å². The van der Waals surface area contributed by atoms with Crippen LogP contribution in [0.5, 0.6) is 5.75 Å². The molecule has 4 heteroatoms. The smallest absolute Gasteiger partial charge is 0.122 e. The molecule has 0 aliphatic rings. The van der Waals surface area contributed by atoms with Crippen LogP contribution in [0.4, 0.5) is 5.69 Å². The van der Waals surface area contributed by atoms with E-state index in [9.17, 15) is 4.21 Å². The molecule has 0 fully saturated rings. The summed E-state index contributed by atoms with van der Waals surface area (Å²) in [6.07, 6.45) is 0. The monoisotopic (exact) mass is 227 g/mol. The average Bonchev–Trinajstić information content (AvgIpc) is 2.16. The van der Waals surface area contributed by atoms with Crippen molar-refractivity contribution in [2.75, 3.05) is 11.8 Å². The van der Waals surface area contributed by atoms with Crippen LogP contribution < -0.4 is 9.46 Å². The van der Waals surface area contributed by atoms with Crippen LogP contribution in [0.2, 0.25) is 0 Å². The second-order valence-corrected chi connectivity index (χ2v) is 6.18. The molecular formula is C11H17NO2S. The van der Waals surface area contributed by atoms with Gasteiger partial charge in [0.15, 0.2) is 0 Å². The van der Waals surface area contributed by atoms with E-state index in [1.165, 1.54) is 0 Å². The van der Waals surface area contributed by atoms with E-state index in [-0.39, 0.29) is 4.75 Å². The van der Waals surface area contributed by atoms with Crippen molar-refractivity contribution in [1.29, 1.82) is 0 Å². The minimum atomic E-state index is -1.10. The van der Waals surface area contributed by atoms with Crippen LogP contribution in [-0.2, 0) is 11.0 Å². The molecule has 0 bridgehead atoms. The van der Waals surface area contributed by atoms with E-state index >= 15 is 0 Å². The van der Waals surface area contributed by atoms with Crippen molar-refractivity contribution in [2.45, 2.75) is 25.5 Å². The van der Waals surface area contributed by atoms with Gasteiger partial charge in [-0.2, -0.15) is 0 Å². The molecule has 0 aliphatic carbocycles. The second-order valence-electron chi connectivity index (χ2n) is 4.22. The van der Waals surface area contributed by atoms with Gasteiger partial charge in [0, 0.05) is 11.8 Å². The van der Waals surface area contributed by atoms with Crippen molar-refractivity contribution >= 4 is 16.7 Å². The van der Waals surface area contributed by atoms with E-state index in [1.54, 1.807) is 7.11 Å². The highest BCUT2D eigenvalue weighted by molar-refractivity contribution is 7.87. The van der Waals surface area contributed by atoms with Crippen LogP contribution in [0, 0.1) is 0 Å². The van der Waals surface area contributed by atoms with E-state index < -0.39 is 11.0 Å². The average molecular weight is 227 g/mol. The molecule has 0 saturated heterocycles. The third kappa shape index (κ3) is 3.55. The van der Waals surface area contributed by atoms with Crippen molar-refractivity contribution in [1.82, 2.24) is 0 Å². The Bertz CT molecular complexity index is 358. The van der Waals surface area contributed by atoms with Gasteiger partial charge in [0.25, 0.3) is 0 Å². The second kappa shape index (κ2) is 4.66. The molecule has 3 nitrogen and oxygen atoms in total. The zero-order chi connectivity index (χ0) is 11.5. The summed E-state index contributed by atoms with van der Waals surface area (Å²) in [4.78, 5) is 0. The lowest BCUT2D eigenvalue weighted by atomic mass is 10.3. The Labute approximate surface area is 93.4 Å². The van der Waals surface area contributed by atoms with Crippen LogP contribution in [0.3, 0.4) is 0 Å². The zero-order valence-electron chi connectivity index (χ0n) is 9.53. The third-order valence-corrected chi connectivity index (χ3v) is 3.37. The molecule has 1 atom stereocenters. The summed E-state index contributed by atoms with van der Waals surface area (Å²) in [6.45, 7) is 5.78. The zero-order valence-corrected chi connectivity index (χ0v) is 10.4. The van der Waals surface area contributed by atoms with Crippen LogP contribution in [0.15, 0.2) is 24.3 Å². The molecule has 1 rings (SSSR count). The number of ether oxygens (including phenoxy) is 1. The highest BCUT2D eigenvalue weighted by Crippen LogP contribution is 2.20. The third-order valence-electron chi connectivity index (χ3n) is 1.84. The number of anilines is 1. The van der Waals surface area contributed by atoms with Crippen molar-refractivity contribution in [3.8, 4) is 5.75 Å². The Morgan fingerprint density at radius 1 is 1.33 bits per heavy atom. The Morgan fingerprint density at radius 3 is 2.53 bits per heavy atom. The van der Waals surface area contributed by atoms with E-state index in [1.807, 2.05) is 45.0 Å². The van der Waals surface area contributed by atoms with Gasteiger partial charge in [-0.05, 0) is 32.9 Å². The van der Waals surface area contributed by atoms with Crippen molar-refractivity contribution < 1.29 is 8.95 Å². The summed E-state index contributed by atoms with van der Waals surface area (Å²) >= 11 is 0. The lowest BCUT2D eigenvalue weighted by Gasteiger charge is -2.18. The van der Waals surface area contributed by atoms with Gasteiger partial charge in [-0.1, -0.05) is 6.07 Å². The van der Waals surface area contributed by atoms with Crippen LogP contribution in [0.1, 0.15) is 20.8 Å². The molecule has 0 unspecified atom stereocenters. The van der Waals surface area contributed by atoms with E-state index in [0.717, 1.165) is 11.4 Å². The molecular weight excluding hydrogens is 210 g/mol. The van der Waals surface area contributed by atoms with Crippen LogP contribution >= 0.6 is 0 Å². The van der Waals surface area contributed by atoms with Crippen LogP contribution in [0.25, 0.3) is 0 Å². The first-order valence-corrected chi connectivity index (χ1v) is 5.91. The van der Waals surface area contributed by atoms with Gasteiger partial charge in [0.2, 0.25) is 0 Å². The Hall–Kier alpha value is -1.03. The molecule has 84 valence electrons. The molecule has 0 spiro atoms. The Morgan fingerprint density at radius 2 is 2.00 bits per heavy atom. The standard InChI is InChI=1S/C11H17NO2S/c1-11(2,3)15(13)12-9-6-5-7-10(8-9)14-4/h5-8,12H,1-4H3/t15-/m1/s1. The van der Waals surface area contributed by atoms with Gasteiger partial charge in [-0.25, -0.2) is 4.21 Å². The first kappa shape index (κ1) is 12.0. The predicted octanol–water partition coefficient (Wildman–Crippen LogP) is 2.57. The lowest BCUT2D eigenvalue weighted by molar-refractivity contribution is 0.415. The minimum absolute atomic E-state index is 0.275. The molecule has 0 aromatic heterocycles. The molecule has 0 heterocycles.